The Morgan fingerprint density at radius 3 is 2.81 bits per heavy atom. The number of nitrogens with one attached hydrogen (secondary N) is 1. The van der Waals surface area contributed by atoms with Crippen LogP contribution < -0.4 is 16.0 Å². The van der Waals surface area contributed by atoms with E-state index in [-0.39, 0.29) is 6.04 Å². The van der Waals surface area contributed by atoms with Crippen LogP contribution >= 0.6 is 0 Å². The van der Waals surface area contributed by atoms with Crippen LogP contribution in [0, 0.1) is 5.82 Å². The number of anilines is 2. The van der Waals surface area contributed by atoms with Crippen molar-refractivity contribution < 1.29 is 18.7 Å². The molecule has 9 nitrogen and oxygen atoms in total. The number of rotatable bonds is 2. The number of amides is 1. The Labute approximate surface area is 179 Å². The predicted molar refractivity (Wildman–Crippen MR) is 114 cm³/mol. The van der Waals surface area contributed by atoms with E-state index >= 15 is 4.39 Å². The lowest BCUT2D eigenvalue weighted by atomic mass is 10.0. The second-order valence-electron chi connectivity index (χ2n) is 8.89. The van der Waals surface area contributed by atoms with E-state index in [4.69, 9.17) is 20.3 Å². The van der Waals surface area contributed by atoms with Crippen molar-refractivity contribution in [2.24, 2.45) is 10.7 Å². The molecule has 1 fully saturated rings. The quantitative estimate of drug-likeness (QED) is 0.762. The monoisotopic (exact) mass is 428 g/mol. The first-order valence-electron chi connectivity index (χ1n) is 10.3. The first-order valence-corrected chi connectivity index (χ1v) is 10.3. The second-order valence-corrected chi connectivity index (χ2v) is 8.89. The van der Waals surface area contributed by atoms with Gasteiger partial charge in [-0.15, -0.1) is 0 Å². The Balaban J connectivity index is 1.56. The number of benzene rings is 1. The number of aromatic nitrogens is 2. The molecule has 3 aliphatic rings. The van der Waals surface area contributed by atoms with Gasteiger partial charge in [0.2, 0.25) is 0 Å². The van der Waals surface area contributed by atoms with Gasteiger partial charge in [0.05, 0.1) is 24.5 Å². The first-order chi connectivity index (χ1) is 14.7. The van der Waals surface area contributed by atoms with E-state index in [0.717, 1.165) is 5.82 Å². The molecule has 0 unspecified atom stereocenters. The largest absolute Gasteiger partial charge is 0.443 e. The number of hydrogen-bond donors (Lipinski definition) is 2. The number of halogens is 1. The molecule has 0 aliphatic carbocycles. The van der Waals surface area contributed by atoms with E-state index in [2.05, 4.69) is 10.3 Å². The second kappa shape index (κ2) is 6.94. The standard InChI is InChI=1S/C21H25FN6O3/c1-21(2,3)31-20(29)27-7-6-12-14(27)5-4-13(16(12)22)17-15-18(23)24-10-25-19(15)28(26-17)11-8-30-9-11/h4-5,11,25H,6-10H2,1-3H3,(H2,23,24). The summed E-state index contributed by atoms with van der Waals surface area (Å²) in [5, 5.41) is 7.89. The van der Waals surface area contributed by atoms with Crippen molar-refractivity contribution in [2.75, 3.05) is 36.6 Å². The van der Waals surface area contributed by atoms with Crippen LogP contribution in [0.4, 0.5) is 20.7 Å². The molecule has 1 saturated heterocycles. The highest BCUT2D eigenvalue weighted by Crippen LogP contribution is 2.40. The van der Waals surface area contributed by atoms with Crippen LogP contribution in [0.15, 0.2) is 17.1 Å². The van der Waals surface area contributed by atoms with E-state index < -0.39 is 17.5 Å². The van der Waals surface area contributed by atoms with Crippen molar-refractivity contribution in [3.8, 4) is 11.3 Å². The molecular weight excluding hydrogens is 403 g/mol. The lowest BCUT2D eigenvalue weighted by molar-refractivity contribution is -0.0276. The maximum absolute atomic E-state index is 15.7. The molecule has 164 valence electrons. The Morgan fingerprint density at radius 1 is 1.35 bits per heavy atom. The number of ether oxygens (including phenoxy) is 2. The van der Waals surface area contributed by atoms with Crippen molar-refractivity contribution in [1.82, 2.24) is 9.78 Å². The molecule has 0 atom stereocenters. The van der Waals surface area contributed by atoms with E-state index in [9.17, 15) is 4.79 Å². The van der Waals surface area contributed by atoms with Gasteiger partial charge in [0.1, 0.15) is 41.5 Å². The van der Waals surface area contributed by atoms with Crippen LogP contribution in [0.1, 0.15) is 37.9 Å². The Bertz CT molecular complexity index is 1100. The van der Waals surface area contributed by atoms with Crippen LogP contribution in [0.5, 0.6) is 0 Å². The van der Waals surface area contributed by atoms with Gasteiger partial charge in [0, 0.05) is 17.7 Å². The number of nitrogens with two attached hydrogens (primary N) is 1. The number of nitrogens with zero attached hydrogens (tertiary/aromatic N) is 4. The topological polar surface area (TPSA) is 107 Å². The average Bonchev–Trinajstić information content (AvgIpc) is 3.23. The SMILES string of the molecule is CC(C)(C)OC(=O)N1CCc2c1ccc(-c1nn(C3COC3)c3c1C(N)=NCN3)c2F. The van der Waals surface area contributed by atoms with Gasteiger partial charge in [0.15, 0.2) is 0 Å². The summed E-state index contributed by atoms with van der Waals surface area (Å²) in [6.45, 7) is 7.21. The Hall–Kier alpha value is -3.14. The normalized spacial score (nSPS) is 18.1. The summed E-state index contributed by atoms with van der Waals surface area (Å²) in [6, 6.07) is 3.45. The van der Waals surface area contributed by atoms with Crippen molar-refractivity contribution in [3.63, 3.8) is 0 Å². The Morgan fingerprint density at radius 2 is 2.13 bits per heavy atom. The van der Waals surface area contributed by atoms with Gasteiger partial charge in [0.25, 0.3) is 0 Å². The van der Waals surface area contributed by atoms with Crippen molar-refractivity contribution in [3.05, 3.63) is 29.1 Å². The van der Waals surface area contributed by atoms with Gasteiger partial charge in [-0.25, -0.2) is 18.9 Å². The fraction of sp³-hybridized carbons (Fsp3) is 0.476. The highest BCUT2D eigenvalue weighted by Gasteiger charge is 2.35. The van der Waals surface area contributed by atoms with E-state index in [0.29, 0.717) is 66.8 Å². The molecule has 0 saturated carbocycles. The lowest BCUT2D eigenvalue weighted by Gasteiger charge is -2.28. The fourth-order valence-electron chi connectivity index (χ4n) is 4.08. The van der Waals surface area contributed by atoms with Gasteiger partial charge >= 0.3 is 6.09 Å². The van der Waals surface area contributed by atoms with Gasteiger partial charge in [-0.2, -0.15) is 5.10 Å². The molecule has 1 aromatic heterocycles. The third-order valence-corrected chi connectivity index (χ3v) is 5.59. The number of carbonyl (C=O) groups is 1. The number of hydrogen-bond acceptors (Lipinski definition) is 7. The molecule has 3 N–H and O–H groups in total. The molecule has 0 radical (unpaired) electrons. The molecule has 0 bridgehead atoms. The van der Waals surface area contributed by atoms with Crippen LogP contribution in [0.2, 0.25) is 0 Å². The van der Waals surface area contributed by atoms with Crippen molar-refractivity contribution in [1.29, 1.82) is 0 Å². The molecule has 2 aromatic rings. The third-order valence-electron chi connectivity index (χ3n) is 5.59. The molecule has 3 aliphatic heterocycles. The van der Waals surface area contributed by atoms with E-state index in [1.54, 1.807) is 32.9 Å². The van der Waals surface area contributed by atoms with E-state index in [1.165, 1.54) is 4.90 Å². The van der Waals surface area contributed by atoms with Gasteiger partial charge in [-0.05, 0) is 39.3 Å². The highest BCUT2D eigenvalue weighted by atomic mass is 19.1. The Kier molecular flexibility index (Phi) is 4.44. The minimum absolute atomic E-state index is 0.0704. The molecule has 0 spiro atoms. The highest BCUT2D eigenvalue weighted by molar-refractivity contribution is 6.08. The number of amidine groups is 1. The summed E-state index contributed by atoms with van der Waals surface area (Å²) in [5.41, 5.74) is 7.91. The molecule has 10 heteroatoms. The first kappa shape index (κ1) is 19.8. The predicted octanol–water partition coefficient (Wildman–Crippen LogP) is 2.65. The lowest BCUT2D eigenvalue weighted by Crippen LogP contribution is -2.35. The zero-order chi connectivity index (χ0) is 21.9. The van der Waals surface area contributed by atoms with Gasteiger partial charge in [-0.1, -0.05) is 0 Å². The summed E-state index contributed by atoms with van der Waals surface area (Å²) in [7, 11) is 0. The number of aliphatic imine (C=N–C) groups is 1. The van der Waals surface area contributed by atoms with Crippen LogP contribution in [-0.2, 0) is 15.9 Å². The summed E-state index contributed by atoms with van der Waals surface area (Å²) in [6.07, 6.45) is -0.0827. The average molecular weight is 428 g/mol. The van der Waals surface area contributed by atoms with Gasteiger partial charge < -0.3 is 20.5 Å². The van der Waals surface area contributed by atoms with Gasteiger partial charge in [-0.3, -0.25) is 4.90 Å². The van der Waals surface area contributed by atoms with Crippen molar-refractivity contribution >= 4 is 23.4 Å². The maximum atomic E-state index is 15.7. The number of fused-ring (bicyclic) bond motifs is 2. The molecule has 5 rings (SSSR count). The smallest absolute Gasteiger partial charge is 0.414 e. The van der Waals surface area contributed by atoms with Crippen LogP contribution in [-0.4, -0.2) is 53.7 Å². The summed E-state index contributed by atoms with van der Waals surface area (Å²) in [5.74, 6) is 0.649. The van der Waals surface area contributed by atoms with Crippen molar-refractivity contribution in [2.45, 2.75) is 38.8 Å². The number of carbonyl (C=O) groups excluding carboxylic acids is 1. The van der Waals surface area contributed by atoms with E-state index in [1.807, 2.05) is 4.68 Å². The third kappa shape index (κ3) is 3.21. The maximum Gasteiger partial charge on any atom is 0.414 e. The molecule has 1 amide bonds. The minimum Gasteiger partial charge on any atom is -0.443 e. The molecular formula is C21H25FN6O3. The zero-order valence-corrected chi connectivity index (χ0v) is 17.7. The zero-order valence-electron chi connectivity index (χ0n) is 17.7. The molecule has 31 heavy (non-hydrogen) atoms. The van der Waals surface area contributed by atoms with Crippen LogP contribution in [0.3, 0.4) is 0 Å². The minimum atomic E-state index is -0.626. The fourth-order valence-corrected chi connectivity index (χ4v) is 4.08. The summed E-state index contributed by atoms with van der Waals surface area (Å²) < 4.78 is 28.3. The summed E-state index contributed by atoms with van der Waals surface area (Å²) in [4.78, 5) is 18.3. The summed E-state index contributed by atoms with van der Waals surface area (Å²) >= 11 is 0. The van der Waals surface area contributed by atoms with Crippen LogP contribution in [0.25, 0.3) is 11.3 Å². The molecule has 4 heterocycles. The molecule has 1 aromatic carbocycles.